The first-order valence-corrected chi connectivity index (χ1v) is 5.96. The summed E-state index contributed by atoms with van der Waals surface area (Å²) in [5.74, 6) is 0.477. The zero-order valence-electron chi connectivity index (χ0n) is 8.59. The van der Waals surface area contributed by atoms with E-state index < -0.39 is 0 Å². The van der Waals surface area contributed by atoms with Crippen LogP contribution in [0.25, 0.3) is 0 Å². The summed E-state index contributed by atoms with van der Waals surface area (Å²) in [4.78, 5) is 11.6. The van der Waals surface area contributed by atoms with Crippen molar-refractivity contribution in [1.29, 1.82) is 0 Å². The maximum absolute atomic E-state index is 11.8. The highest BCUT2D eigenvalue weighted by Gasteiger charge is 2.19. The van der Waals surface area contributed by atoms with Crippen LogP contribution in [-0.2, 0) is 0 Å². The largest absolute Gasteiger partial charge is 0.493 e. The number of alkyl halides is 1. The molecule has 0 aliphatic heterocycles. The number of carbonyl (C=O) groups excluding carboxylic acids is 1. The number of halogens is 2. The van der Waals surface area contributed by atoms with Gasteiger partial charge in [-0.15, -0.1) is 0 Å². The average molecular weight is 292 g/mol. The molecule has 0 radical (unpaired) electrons. The fourth-order valence-corrected chi connectivity index (χ4v) is 1.71. The molecular formula is C11H12BrClO2. The lowest BCUT2D eigenvalue weighted by Gasteiger charge is -2.11. The second kappa shape index (κ2) is 5.52. The van der Waals surface area contributed by atoms with E-state index in [0.717, 1.165) is 0 Å². The van der Waals surface area contributed by atoms with Gasteiger partial charge in [-0.25, -0.2) is 0 Å². The minimum Gasteiger partial charge on any atom is -0.493 e. The molecule has 82 valence electrons. The van der Waals surface area contributed by atoms with Crippen molar-refractivity contribution >= 4 is 33.3 Å². The molecule has 0 aliphatic rings. The third kappa shape index (κ3) is 2.95. The van der Waals surface area contributed by atoms with Gasteiger partial charge in [-0.1, -0.05) is 33.6 Å². The van der Waals surface area contributed by atoms with E-state index in [1.165, 1.54) is 0 Å². The van der Waals surface area contributed by atoms with Crippen molar-refractivity contribution in [2.24, 2.45) is 0 Å². The van der Waals surface area contributed by atoms with Crippen molar-refractivity contribution in [2.75, 3.05) is 6.61 Å². The lowest BCUT2D eigenvalue weighted by atomic mass is 10.1. The van der Waals surface area contributed by atoms with Gasteiger partial charge in [0.1, 0.15) is 5.75 Å². The molecule has 4 heteroatoms. The molecule has 0 aromatic heterocycles. The standard InChI is InChI=1S/C11H12BrClO2/c1-3-15-9-6-4-5-8(13)10(9)11(14)7(2)12/h4-7H,3H2,1-2H3. The van der Waals surface area contributed by atoms with E-state index >= 15 is 0 Å². The Morgan fingerprint density at radius 1 is 1.60 bits per heavy atom. The van der Waals surface area contributed by atoms with E-state index in [0.29, 0.717) is 22.9 Å². The van der Waals surface area contributed by atoms with Crippen LogP contribution in [0, 0.1) is 0 Å². The van der Waals surface area contributed by atoms with Crippen LogP contribution in [0.5, 0.6) is 5.75 Å². The minimum atomic E-state index is -0.267. The summed E-state index contributed by atoms with van der Waals surface area (Å²) < 4.78 is 5.36. The minimum absolute atomic E-state index is 0.0657. The maximum atomic E-state index is 11.8. The van der Waals surface area contributed by atoms with Gasteiger partial charge < -0.3 is 4.74 Å². The second-order valence-corrected chi connectivity index (χ2v) is 4.81. The third-order valence-electron chi connectivity index (χ3n) is 1.88. The normalized spacial score (nSPS) is 12.3. The molecule has 0 spiro atoms. The predicted octanol–water partition coefficient (Wildman–Crippen LogP) is 3.70. The zero-order valence-corrected chi connectivity index (χ0v) is 10.9. The van der Waals surface area contributed by atoms with Gasteiger partial charge in [-0.2, -0.15) is 0 Å². The van der Waals surface area contributed by atoms with Gasteiger partial charge in [-0.05, 0) is 26.0 Å². The molecule has 0 amide bonds. The molecule has 1 aromatic rings. The van der Waals surface area contributed by atoms with Crippen molar-refractivity contribution in [2.45, 2.75) is 18.7 Å². The number of hydrogen-bond donors (Lipinski definition) is 0. The highest BCUT2D eigenvalue weighted by Crippen LogP contribution is 2.28. The van der Waals surface area contributed by atoms with Gasteiger partial charge in [0.25, 0.3) is 0 Å². The molecule has 0 aliphatic carbocycles. The molecule has 1 rings (SSSR count). The first kappa shape index (κ1) is 12.5. The van der Waals surface area contributed by atoms with Crippen LogP contribution in [0.1, 0.15) is 24.2 Å². The van der Waals surface area contributed by atoms with E-state index in [1.807, 2.05) is 6.92 Å². The summed E-state index contributed by atoms with van der Waals surface area (Å²) in [7, 11) is 0. The van der Waals surface area contributed by atoms with Crippen LogP contribution in [0.15, 0.2) is 18.2 Å². The molecule has 0 fully saturated rings. The number of carbonyl (C=O) groups is 1. The van der Waals surface area contributed by atoms with Crippen LogP contribution in [0.4, 0.5) is 0 Å². The van der Waals surface area contributed by atoms with Gasteiger partial charge in [0.2, 0.25) is 0 Å². The molecule has 1 atom stereocenters. The highest BCUT2D eigenvalue weighted by molar-refractivity contribution is 9.10. The molecule has 0 saturated heterocycles. The van der Waals surface area contributed by atoms with Gasteiger partial charge in [0, 0.05) is 0 Å². The van der Waals surface area contributed by atoms with Crippen molar-refractivity contribution in [3.8, 4) is 5.75 Å². The fourth-order valence-electron chi connectivity index (χ4n) is 1.22. The highest BCUT2D eigenvalue weighted by atomic mass is 79.9. The van der Waals surface area contributed by atoms with Gasteiger partial charge in [-0.3, -0.25) is 4.79 Å². The Kier molecular flexibility index (Phi) is 4.61. The number of ether oxygens (including phenoxy) is 1. The lowest BCUT2D eigenvalue weighted by Crippen LogP contribution is -2.12. The summed E-state index contributed by atoms with van der Waals surface area (Å²) in [6.45, 7) is 4.14. The molecular weight excluding hydrogens is 279 g/mol. The Morgan fingerprint density at radius 2 is 2.27 bits per heavy atom. The monoisotopic (exact) mass is 290 g/mol. The Morgan fingerprint density at radius 3 is 2.80 bits per heavy atom. The summed E-state index contributed by atoms with van der Waals surface area (Å²) in [6, 6.07) is 5.20. The Balaban J connectivity index is 3.18. The van der Waals surface area contributed by atoms with E-state index in [9.17, 15) is 4.79 Å². The van der Waals surface area contributed by atoms with E-state index in [1.54, 1.807) is 25.1 Å². The SMILES string of the molecule is CCOc1cccc(Cl)c1C(=O)C(C)Br. The number of rotatable bonds is 4. The number of ketones is 1. The lowest BCUT2D eigenvalue weighted by molar-refractivity contribution is 0.0992. The van der Waals surface area contributed by atoms with Gasteiger partial charge >= 0.3 is 0 Å². The van der Waals surface area contributed by atoms with Crippen LogP contribution >= 0.6 is 27.5 Å². The first-order chi connectivity index (χ1) is 7.07. The zero-order chi connectivity index (χ0) is 11.4. The molecule has 2 nitrogen and oxygen atoms in total. The summed E-state index contributed by atoms with van der Waals surface area (Å²) in [6.07, 6.45) is 0. The number of benzene rings is 1. The Bertz CT molecular complexity index is 364. The smallest absolute Gasteiger partial charge is 0.181 e. The van der Waals surface area contributed by atoms with Crippen molar-refractivity contribution in [3.63, 3.8) is 0 Å². The molecule has 0 heterocycles. The van der Waals surface area contributed by atoms with Crippen molar-refractivity contribution in [3.05, 3.63) is 28.8 Å². The van der Waals surface area contributed by atoms with Crippen molar-refractivity contribution < 1.29 is 9.53 Å². The number of hydrogen-bond acceptors (Lipinski definition) is 2. The maximum Gasteiger partial charge on any atom is 0.181 e. The number of Topliss-reactive ketones (excluding diaryl/α,β-unsaturated/α-hetero) is 1. The van der Waals surface area contributed by atoms with Gasteiger partial charge in [0.15, 0.2) is 5.78 Å². The molecule has 15 heavy (non-hydrogen) atoms. The molecule has 1 aromatic carbocycles. The Labute approximate surface area is 103 Å². The molecule has 0 bridgehead atoms. The molecule has 0 N–H and O–H groups in total. The summed E-state index contributed by atoms with van der Waals surface area (Å²) in [5.41, 5.74) is 0.449. The fraction of sp³-hybridized carbons (Fsp3) is 0.364. The van der Waals surface area contributed by atoms with Gasteiger partial charge in [0.05, 0.1) is 22.0 Å². The Hall–Kier alpha value is -0.540. The summed E-state index contributed by atoms with van der Waals surface area (Å²) >= 11 is 9.21. The average Bonchev–Trinajstić information content (AvgIpc) is 2.17. The molecule has 1 unspecified atom stereocenters. The summed E-state index contributed by atoms with van der Waals surface area (Å²) in [5, 5.41) is 0.428. The first-order valence-electron chi connectivity index (χ1n) is 4.67. The van der Waals surface area contributed by atoms with Crippen LogP contribution in [0.2, 0.25) is 5.02 Å². The second-order valence-electron chi connectivity index (χ2n) is 3.03. The van der Waals surface area contributed by atoms with E-state index in [-0.39, 0.29) is 10.6 Å². The topological polar surface area (TPSA) is 26.3 Å². The van der Waals surface area contributed by atoms with Crippen LogP contribution < -0.4 is 4.74 Å². The van der Waals surface area contributed by atoms with Crippen molar-refractivity contribution in [1.82, 2.24) is 0 Å². The predicted molar refractivity (Wildman–Crippen MR) is 65.3 cm³/mol. The quantitative estimate of drug-likeness (QED) is 0.624. The van der Waals surface area contributed by atoms with E-state index in [4.69, 9.17) is 16.3 Å². The molecule has 0 saturated carbocycles. The third-order valence-corrected chi connectivity index (χ3v) is 2.61. The van der Waals surface area contributed by atoms with Crippen LogP contribution in [0.3, 0.4) is 0 Å². The van der Waals surface area contributed by atoms with E-state index in [2.05, 4.69) is 15.9 Å². The van der Waals surface area contributed by atoms with Crippen LogP contribution in [-0.4, -0.2) is 17.2 Å².